The van der Waals surface area contributed by atoms with Crippen LogP contribution in [0.5, 0.6) is 5.75 Å². The summed E-state index contributed by atoms with van der Waals surface area (Å²) in [6.07, 6.45) is 4.11. The zero-order chi connectivity index (χ0) is 14.9. The standard InChI is InChI=1S/C16H17N3O2/c1-2-13-6-8-15(9-7-13)21-12-16(20)19-18-11-14-5-3-4-10-17-14/h3-11H,2,12H2,1H3,(H,19,20)/b18-11-. The monoisotopic (exact) mass is 283 g/mol. The Kier molecular flexibility index (Phi) is 5.46. The topological polar surface area (TPSA) is 63.6 Å². The van der Waals surface area contributed by atoms with Crippen molar-refractivity contribution >= 4 is 12.1 Å². The van der Waals surface area contributed by atoms with Crippen LogP contribution in [0, 0.1) is 0 Å². The fourth-order valence-corrected chi connectivity index (χ4v) is 1.63. The third-order valence-corrected chi connectivity index (χ3v) is 2.78. The van der Waals surface area contributed by atoms with Gasteiger partial charge in [0, 0.05) is 6.20 Å². The van der Waals surface area contributed by atoms with Crippen molar-refractivity contribution < 1.29 is 9.53 Å². The molecular formula is C16H17N3O2. The van der Waals surface area contributed by atoms with Gasteiger partial charge in [-0.25, -0.2) is 5.43 Å². The number of hydrogen-bond acceptors (Lipinski definition) is 4. The predicted molar refractivity (Wildman–Crippen MR) is 81.3 cm³/mol. The summed E-state index contributed by atoms with van der Waals surface area (Å²) in [5.74, 6) is 0.345. The molecule has 0 aliphatic heterocycles. The molecule has 0 saturated heterocycles. The van der Waals surface area contributed by atoms with E-state index in [9.17, 15) is 4.79 Å². The summed E-state index contributed by atoms with van der Waals surface area (Å²) >= 11 is 0. The first-order chi connectivity index (χ1) is 10.3. The number of aryl methyl sites for hydroxylation is 1. The highest BCUT2D eigenvalue weighted by atomic mass is 16.5. The van der Waals surface area contributed by atoms with Crippen LogP contribution in [0.25, 0.3) is 0 Å². The van der Waals surface area contributed by atoms with Crippen LogP contribution >= 0.6 is 0 Å². The predicted octanol–water partition coefficient (Wildman–Crippen LogP) is 2.17. The Morgan fingerprint density at radius 2 is 2.10 bits per heavy atom. The molecule has 1 N–H and O–H groups in total. The number of ether oxygens (including phenoxy) is 1. The number of hydrogen-bond donors (Lipinski definition) is 1. The molecule has 0 spiro atoms. The van der Waals surface area contributed by atoms with Crippen LogP contribution < -0.4 is 10.2 Å². The largest absolute Gasteiger partial charge is 0.484 e. The summed E-state index contributed by atoms with van der Waals surface area (Å²) in [4.78, 5) is 15.6. The highest BCUT2D eigenvalue weighted by Crippen LogP contribution is 2.12. The second-order valence-corrected chi connectivity index (χ2v) is 4.33. The molecule has 0 aliphatic carbocycles. The molecule has 5 nitrogen and oxygen atoms in total. The van der Waals surface area contributed by atoms with E-state index in [0.717, 1.165) is 6.42 Å². The van der Waals surface area contributed by atoms with Crippen molar-refractivity contribution in [2.24, 2.45) is 5.10 Å². The molecule has 1 aromatic carbocycles. The first-order valence-electron chi connectivity index (χ1n) is 6.72. The molecule has 1 amide bonds. The molecule has 0 radical (unpaired) electrons. The van der Waals surface area contributed by atoms with Gasteiger partial charge in [-0.15, -0.1) is 0 Å². The van der Waals surface area contributed by atoms with Crippen molar-refractivity contribution in [1.82, 2.24) is 10.4 Å². The number of amides is 1. The Balaban J connectivity index is 1.75. The van der Waals surface area contributed by atoms with Gasteiger partial charge in [0.15, 0.2) is 6.61 Å². The molecule has 5 heteroatoms. The van der Waals surface area contributed by atoms with Crippen LogP contribution in [0.4, 0.5) is 0 Å². The lowest BCUT2D eigenvalue weighted by Crippen LogP contribution is -2.24. The Labute approximate surface area is 123 Å². The number of hydrazone groups is 1. The van der Waals surface area contributed by atoms with E-state index in [4.69, 9.17) is 4.74 Å². The van der Waals surface area contributed by atoms with Gasteiger partial charge < -0.3 is 4.74 Å². The van der Waals surface area contributed by atoms with Crippen molar-refractivity contribution in [3.05, 3.63) is 59.9 Å². The first-order valence-corrected chi connectivity index (χ1v) is 6.72. The minimum atomic E-state index is -0.318. The van der Waals surface area contributed by atoms with Crippen LogP contribution in [0.3, 0.4) is 0 Å². The fraction of sp³-hybridized carbons (Fsp3) is 0.188. The van der Waals surface area contributed by atoms with Crippen molar-refractivity contribution in [3.63, 3.8) is 0 Å². The Morgan fingerprint density at radius 3 is 2.76 bits per heavy atom. The fourth-order valence-electron chi connectivity index (χ4n) is 1.63. The van der Waals surface area contributed by atoms with E-state index in [1.54, 1.807) is 12.3 Å². The van der Waals surface area contributed by atoms with E-state index in [-0.39, 0.29) is 12.5 Å². The lowest BCUT2D eigenvalue weighted by Gasteiger charge is -2.05. The maximum absolute atomic E-state index is 11.6. The van der Waals surface area contributed by atoms with E-state index >= 15 is 0 Å². The summed E-state index contributed by atoms with van der Waals surface area (Å²) in [5.41, 5.74) is 4.29. The van der Waals surface area contributed by atoms with Crippen molar-refractivity contribution in [1.29, 1.82) is 0 Å². The van der Waals surface area contributed by atoms with Gasteiger partial charge >= 0.3 is 0 Å². The number of benzene rings is 1. The highest BCUT2D eigenvalue weighted by molar-refractivity contribution is 5.81. The molecule has 1 aromatic heterocycles. The van der Waals surface area contributed by atoms with Crippen molar-refractivity contribution in [2.45, 2.75) is 13.3 Å². The van der Waals surface area contributed by atoms with Crippen LogP contribution in [0.2, 0.25) is 0 Å². The third-order valence-electron chi connectivity index (χ3n) is 2.78. The van der Waals surface area contributed by atoms with Gasteiger partial charge in [-0.05, 0) is 36.2 Å². The minimum absolute atomic E-state index is 0.0783. The maximum atomic E-state index is 11.6. The molecule has 0 bridgehead atoms. The minimum Gasteiger partial charge on any atom is -0.484 e. The molecule has 1 heterocycles. The quantitative estimate of drug-likeness (QED) is 0.653. The molecule has 2 aromatic rings. The van der Waals surface area contributed by atoms with Gasteiger partial charge in [0.2, 0.25) is 0 Å². The van der Waals surface area contributed by atoms with Gasteiger partial charge in [0.1, 0.15) is 5.75 Å². The maximum Gasteiger partial charge on any atom is 0.277 e. The average Bonchev–Trinajstić information content (AvgIpc) is 2.54. The van der Waals surface area contributed by atoms with Gasteiger partial charge in [-0.3, -0.25) is 9.78 Å². The van der Waals surface area contributed by atoms with Crippen molar-refractivity contribution in [2.75, 3.05) is 6.61 Å². The number of nitrogens with zero attached hydrogens (tertiary/aromatic N) is 2. The van der Waals surface area contributed by atoms with Crippen LogP contribution in [0.1, 0.15) is 18.2 Å². The second-order valence-electron chi connectivity index (χ2n) is 4.33. The van der Waals surface area contributed by atoms with E-state index in [0.29, 0.717) is 11.4 Å². The number of aromatic nitrogens is 1. The van der Waals surface area contributed by atoms with E-state index < -0.39 is 0 Å². The van der Waals surface area contributed by atoms with Gasteiger partial charge in [-0.1, -0.05) is 25.1 Å². The number of rotatable bonds is 6. The zero-order valence-corrected chi connectivity index (χ0v) is 11.8. The Hall–Kier alpha value is -2.69. The molecule has 0 aliphatic rings. The molecule has 0 saturated carbocycles. The first kappa shape index (κ1) is 14.7. The molecule has 0 atom stereocenters. The Bertz CT molecular complexity index is 595. The van der Waals surface area contributed by atoms with Crippen LogP contribution in [-0.2, 0) is 11.2 Å². The van der Waals surface area contributed by atoms with Gasteiger partial charge in [0.05, 0.1) is 11.9 Å². The summed E-state index contributed by atoms with van der Waals surface area (Å²) in [5, 5.41) is 3.81. The number of carbonyl (C=O) groups excluding carboxylic acids is 1. The van der Waals surface area contributed by atoms with Crippen LogP contribution in [-0.4, -0.2) is 23.7 Å². The van der Waals surface area contributed by atoms with Crippen molar-refractivity contribution in [3.8, 4) is 5.75 Å². The van der Waals surface area contributed by atoms with E-state index in [1.165, 1.54) is 11.8 Å². The van der Waals surface area contributed by atoms with Crippen LogP contribution in [0.15, 0.2) is 53.8 Å². The summed E-state index contributed by atoms with van der Waals surface area (Å²) in [7, 11) is 0. The smallest absolute Gasteiger partial charge is 0.277 e. The molecule has 21 heavy (non-hydrogen) atoms. The van der Waals surface area contributed by atoms with Gasteiger partial charge in [0.25, 0.3) is 5.91 Å². The average molecular weight is 283 g/mol. The third kappa shape index (κ3) is 5.06. The SMILES string of the molecule is CCc1ccc(OCC(=O)N/N=C\c2ccccn2)cc1. The molecule has 108 valence electrons. The lowest BCUT2D eigenvalue weighted by molar-refractivity contribution is -0.123. The highest BCUT2D eigenvalue weighted by Gasteiger charge is 2.01. The summed E-state index contributed by atoms with van der Waals surface area (Å²) in [6.45, 7) is 2.01. The second kappa shape index (κ2) is 7.79. The molecule has 0 unspecified atom stereocenters. The van der Waals surface area contributed by atoms with E-state index in [1.807, 2.05) is 36.4 Å². The van der Waals surface area contributed by atoms with E-state index in [2.05, 4.69) is 22.4 Å². The molecule has 2 rings (SSSR count). The molecular weight excluding hydrogens is 266 g/mol. The summed E-state index contributed by atoms with van der Waals surface area (Å²) in [6, 6.07) is 13.1. The Morgan fingerprint density at radius 1 is 1.29 bits per heavy atom. The lowest BCUT2D eigenvalue weighted by atomic mass is 10.2. The van der Waals surface area contributed by atoms with Gasteiger partial charge in [-0.2, -0.15) is 5.10 Å². The number of nitrogens with one attached hydrogen (secondary N) is 1. The number of carbonyl (C=O) groups is 1. The zero-order valence-electron chi connectivity index (χ0n) is 11.8. The molecule has 0 fully saturated rings. The number of pyridine rings is 1. The summed E-state index contributed by atoms with van der Waals surface area (Å²) < 4.78 is 5.37. The normalized spacial score (nSPS) is 10.5.